The van der Waals surface area contributed by atoms with E-state index in [0.717, 1.165) is 5.56 Å². The van der Waals surface area contributed by atoms with Gasteiger partial charge in [-0.3, -0.25) is 4.79 Å². The first-order chi connectivity index (χ1) is 7.95. The summed E-state index contributed by atoms with van der Waals surface area (Å²) in [5.74, 6) is -0.564. The van der Waals surface area contributed by atoms with Gasteiger partial charge in [-0.1, -0.05) is 12.1 Å². The lowest BCUT2D eigenvalue weighted by atomic mass is 9.95. The topological polar surface area (TPSA) is 52.9 Å². The molecule has 1 aromatic carbocycles. The van der Waals surface area contributed by atoms with Crippen LogP contribution in [0.15, 0.2) is 24.3 Å². The summed E-state index contributed by atoms with van der Waals surface area (Å²) in [6, 6.07) is 8.06. The van der Waals surface area contributed by atoms with Gasteiger partial charge in [0.1, 0.15) is 11.2 Å². The summed E-state index contributed by atoms with van der Waals surface area (Å²) in [5, 5.41) is 11.4. The van der Waals surface area contributed by atoms with Gasteiger partial charge in [-0.2, -0.15) is 5.26 Å². The maximum absolute atomic E-state index is 12.6. The highest BCUT2D eigenvalue weighted by atomic mass is 19.1. The molecule has 0 saturated carbocycles. The minimum atomic E-state index is -1.01. The molecule has 0 atom stereocenters. The second kappa shape index (κ2) is 5.44. The first kappa shape index (κ1) is 13.2. The fourth-order valence-electron chi connectivity index (χ4n) is 1.24. The first-order valence-corrected chi connectivity index (χ1v) is 5.40. The van der Waals surface area contributed by atoms with Crippen molar-refractivity contribution in [2.24, 2.45) is 5.41 Å². The van der Waals surface area contributed by atoms with Crippen molar-refractivity contribution in [3.05, 3.63) is 35.6 Å². The molecular formula is C13H15FN2O. The predicted molar refractivity (Wildman–Crippen MR) is 62.5 cm³/mol. The Morgan fingerprint density at radius 2 is 2.00 bits per heavy atom. The highest BCUT2D eigenvalue weighted by Gasteiger charge is 2.26. The lowest BCUT2D eigenvalue weighted by Gasteiger charge is -2.14. The monoisotopic (exact) mass is 234 g/mol. The van der Waals surface area contributed by atoms with Crippen molar-refractivity contribution in [3.63, 3.8) is 0 Å². The molecule has 4 heteroatoms. The maximum Gasteiger partial charge on any atom is 0.239 e. The zero-order valence-corrected chi connectivity index (χ0v) is 9.96. The van der Waals surface area contributed by atoms with Gasteiger partial charge in [-0.05, 0) is 38.0 Å². The Kier molecular flexibility index (Phi) is 4.22. The van der Waals surface area contributed by atoms with E-state index in [9.17, 15) is 9.18 Å². The minimum absolute atomic E-state index is 0.275. The van der Waals surface area contributed by atoms with Crippen molar-refractivity contribution < 1.29 is 9.18 Å². The van der Waals surface area contributed by atoms with Gasteiger partial charge in [-0.25, -0.2) is 4.39 Å². The van der Waals surface area contributed by atoms with Gasteiger partial charge in [0.15, 0.2) is 0 Å². The van der Waals surface area contributed by atoms with Crippen LogP contribution in [0.2, 0.25) is 0 Å². The van der Waals surface area contributed by atoms with Crippen molar-refractivity contribution in [3.8, 4) is 6.07 Å². The third-order valence-electron chi connectivity index (χ3n) is 2.46. The summed E-state index contributed by atoms with van der Waals surface area (Å²) in [6.07, 6.45) is 0.619. The van der Waals surface area contributed by atoms with E-state index in [4.69, 9.17) is 5.26 Å². The number of hydrogen-bond donors (Lipinski definition) is 1. The Hall–Kier alpha value is -1.89. The molecule has 0 fully saturated rings. The average Bonchev–Trinajstić information content (AvgIpc) is 2.31. The van der Waals surface area contributed by atoms with Crippen LogP contribution < -0.4 is 5.32 Å². The van der Waals surface area contributed by atoms with Crippen LogP contribution in [0, 0.1) is 22.6 Å². The van der Waals surface area contributed by atoms with Gasteiger partial charge in [0.25, 0.3) is 0 Å². The fraction of sp³-hybridized carbons (Fsp3) is 0.385. The number of amides is 1. The van der Waals surface area contributed by atoms with Crippen molar-refractivity contribution in [1.29, 1.82) is 5.26 Å². The molecule has 0 saturated heterocycles. The lowest BCUT2D eigenvalue weighted by Crippen LogP contribution is -2.36. The molecule has 1 aromatic rings. The molecule has 0 heterocycles. The molecule has 0 unspecified atom stereocenters. The quantitative estimate of drug-likeness (QED) is 0.866. The smallest absolute Gasteiger partial charge is 0.239 e. The van der Waals surface area contributed by atoms with E-state index in [1.807, 2.05) is 6.07 Å². The highest BCUT2D eigenvalue weighted by molar-refractivity contribution is 5.84. The number of hydrogen-bond acceptors (Lipinski definition) is 2. The van der Waals surface area contributed by atoms with Gasteiger partial charge >= 0.3 is 0 Å². The molecule has 0 aliphatic heterocycles. The van der Waals surface area contributed by atoms with Gasteiger partial charge in [0.05, 0.1) is 6.07 Å². The van der Waals surface area contributed by atoms with Crippen LogP contribution in [-0.2, 0) is 11.2 Å². The molecule has 0 aliphatic rings. The third kappa shape index (κ3) is 3.87. The van der Waals surface area contributed by atoms with E-state index in [-0.39, 0.29) is 11.7 Å². The Morgan fingerprint density at radius 3 is 2.53 bits per heavy atom. The number of nitriles is 1. The summed E-state index contributed by atoms with van der Waals surface area (Å²) < 4.78 is 12.6. The SMILES string of the molecule is CC(C)(C#N)C(=O)NCCc1ccc(F)cc1. The van der Waals surface area contributed by atoms with E-state index in [1.165, 1.54) is 12.1 Å². The van der Waals surface area contributed by atoms with Crippen LogP contribution in [0.5, 0.6) is 0 Å². The van der Waals surface area contributed by atoms with Gasteiger partial charge in [0, 0.05) is 6.54 Å². The molecular weight excluding hydrogens is 219 g/mol. The summed E-state index contributed by atoms with van der Waals surface area (Å²) >= 11 is 0. The van der Waals surface area contributed by atoms with Crippen LogP contribution in [0.3, 0.4) is 0 Å². The number of benzene rings is 1. The Morgan fingerprint density at radius 1 is 1.41 bits per heavy atom. The lowest BCUT2D eigenvalue weighted by molar-refractivity contribution is -0.126. The molecule has 90 valence electrons. The zero-order valence-electron chi connectivity index (χ0n) is 9.96. The highest BCUT2D eigenvalue weighted by Crippen LogP contribution is 2.12. The molecule has 0 bridgehead atoms. The minimum Gasteiger partial charge on any atom is -0.354 e. The molecule has 0 radical (unpaired) electrons. The van der Waals surface area contributed by atoms with E-state index in [2.05, 4.69) is 5.32 Å². The van der Waals surface area contributed by atoms with Crippen molar-refractivity contribution >= 4 is 5.91 Å². The van der Waals surface area contributed by atoms with E-state index in [1.54, 1.807) is 26.0 Å². The standard InChI is InChI=1S/C13H15FN2O/c1-13(2,9-15)12(17)16-8-7-10-3-5-11(14)6-4-10/h3-6H,7-8H2,1-2H3,(H,16,17). The van der Waals surface area contributed by atoms with Crippen molar-refractivity contribution in [1.82, 2.24) is 5.32 Å². The average molecular weight is 234 g/mol. The van der Waals surface area contributed by atoms with Crippen molar-refractivity contribution in [2.75, 3.05) is 6.54 Å². The number of nitrogens with one attached hydrogen (secondary N) is 1. The van der Waals surface area contributed by atoms with Crippen LogP contribution in [0.1, 0.15) is 19.4 Å². The first-order valence-electron chi connectivity index (χ1n) is 5.40. The summed E-state index contributed by atoms with van der Waals surface area (Å²) in [7, 11) is 0. The van der Waals surface area contributed by atoms with Crippen molar-refractivity contribution in [2.45, 2.75) is 20.3 Å². The molecule has 3 nitrogen and oxygen atoms in total. The summed E-state index contributed by atoms with van der Waals surface area (Å²) in [4.78, 5) is 11.5. The predicted octanol–water partition coefficient (Wildman–Crippen LogP) is 2.03. The third-order valence-corrected chi connectivity index (χ3v) is 2.46. The Balaban J connectivity index is 2.41. The normalized spacial score (nSPS) is 10.7. The maximum atomic E-state index is 12.6. The Bertz CT molecular complexity index is 432. The molecule has 0 aromatic heterocycles. The van der Waals surface area contributed by atoms with Gasteiger partial charge in [-0.15, -0.1) is 0 Å². The number of carbonyl (C=O) groups is 1. The second-order valence-electron chi connectivity index (χ2n) is 4.37. The van der Waals surface area contributed by atoms with E-state index in [0.29, 0.717) is 13.0 Å². The van der Waals surface area contributed by atoms with Crippen LogP contribution in [-0.4, -0.2) is 12.5 Å². The molecule has 1 N–H and O–H groups in total. The van der Waals surface area contributed by atoms with Gasteiger partial charge in [0.2, 0.25) is 5.91 Å². The van der Waals surface area contributed by atoms with E-state index >= 15 is 0 Å². The van der Waals surface area contributed by atoms with Crippen LogP contribution in [0.4, 0.5) is 4.39 Å². The zero-order chi connectivity index (χ0) is 12.9. The number of rotatable bonds is 4. The van der Waals surface area contributed by atoms with Crippen LogP contribution in [0.25, 0.3) is 0 Å². The molecule has 1 amide bonds. The van der Waals surface area contributed by atoms with Crippen LogP contribution >= 0.6 is 0 Å². The molecule has 1 rings (SSSR count). The second-order valence-corrected chi connectivity index (χ2v) is 4.37. The molecule has 17 heavy (non-hydrogen) atoms. The molecule has 0 spiro atoms. The Labute approximate surface area is 100 Å². The fourth-order valence-corrected chi connectivity index (χ4v) is 1.24. The molecule has 0 aliphatic carbocycles. The number of nitrogens with zero attached hydrogens (tertiary/aromatic N) is 1. The van der Waals surface area contributed by atoms with Gasteiger partial charge < -0.3 is 5.32 Å². The van der Waals surface area contributed by atoms with E-state index < -0.39 is 5.41 Å². The number of carbonyl (C=O) groups excluding carboxylic acids is 1. The summed E-state index contributed by atoms with van der Waals surface area (Å²) in [5.41, 5.74) is -0.0653. The number of halogens is 1. The summed E-state index contributed by atoms with van der Waals surface area (Å²) in [6.45, 7) is 3.58. The largest absolute Gasteiger partial charge is 0.354 e.